The molecule has 0 radical (unpaired) electrons. The molecule has 0 bridgehead atoms. The maximum atomic E-state index is 12.8. The van der Waals surface area contributed by atoms with Gasteiger partial charge in [-0.3, -0.25) is 9.59 Å². The number of carbonyl (C=O) groups is 3. The van der Waals surface area contributed by atoms with Crippen LogP contribution in [0.3, 0.4) is 0 Å². The van der Waals surface area contributed by atoms with Crippen molar-refractivity contribution in [3.63, 3.8) is 0 Å². The lowest BCUT2D eigenvalue weighted by Gasteiger charge is -2.35. The molecule has 152 valence electrons. The predicted molar refractivity (Wildman–Crippen MR) is 107 cm³/mol. The van der Waals surface area contributed by atoms with Crippen molar-refractivity contribution in [3.8, 4) is 5.75 Å². The SMILES string of the molecule is COc1cc(C(=O)N2CCN(C(=O)Cc3cccc(C(=O)O)c3)CC2)ccc1C. The molecule has 1 N–H and O–H groups in total. The first-order valence-electron chi connectivity index (χ1n) is 9.43. The topological polar surface area (TPSA) is 87.2 Å². The Balaban J connectivity index is 1.58. The molecular formula is C22H24N2O5. The van der Waals surface area contributed by atoms with Crippen LogP contribution in [-0.2, 0) is 11.2 Å². The monoisotopic (exact) mass is 396 g/mol. The molecule has 2 aromatic rings. The molecule has 1 heterocycles. The number of ether oxygens (including phenoxy) is 1. The van der Waals surface area contributed by atoms with Crippen molar-refractivity contribution >= 4 is 17.8 Å². The summed E-state index contributed by atoms with van der Waals surface area (Å²) in [5, 5.41) is 9.07. The fraction of sp³-hybridized carbons (Fsp3) is 0.318. The second-order valence-corrected chi connectivity index (χ2v) is 7.04. The maximum absolute atomic E-state index is 12.8. The summed E-state index contributed by atoms with van der Waals surface area (Å²) in [5.74, 6) is -0.492. The fourth-order valence-corrected chi connectivity index (χ4v) is 3.40. The summed E-state index contributed by atoms with van der Waals surface area (Å²) in [6.07, 6.45) is 0.143. The molecule has 7 nitrogen and oxygen atoms in total. The Hall–Kier alpha value is -3.35. The van der Waals surface area contributed by atoms with E-state index in [0.29, 0.717) is 43.1 Å². The van der Waals surface area contributed by atoms with Crippen molar-refractivity contribution in [1.82, 2.24) is 9.80 Å². The number of aryl methyl sites for hydroxylation is 1. The minimum atomic E-state index is -1.01. The van der Waals surface area contributed by atoms with Crippen molar-refractivity contribution in [1.29, 1.82) is 0 Å². The Bertz CT molecular complexity index is 933. The van der Waals surface area contributed by atoms with Crippen molar-refractivity contribution < 1.29 is 24.2 Å². The molecule has 0 spiro atoms. The molecule has 2 amide bonds. The first-order valence-corrected chi connectivity index (χ1v) is 9.43. The number of hydrogen-bond acceptors (Lipinski definition) is 4. The molecule has 1 saturated heterocycles. The first kappa shape index (κ1) is 20.4. The summed E-state index contributed by atoms with van der Waals surface area (Å²) < 4.78 is 5.29. The van der Waals surface area contributed by atoms with Crippen molar-refractivity contribution in [2.75, 3.05) is 33.3 Å². The molecule has 3 rings (SSSR count). The largest absolute Gasteiger partial charge is 0.496 e. The minimum Gasteiger partial charge on any atom is -0.496 e. The van der Waals surface area contributed by atoms with Crippen molar-refractivity contribution in [3.05, 3.63) is 64.7 Å². The standard InChI is InChI=1S/C22H24N2O5/c1-15-6-7-17(14-19(15)29-2)21(26)24-10-8-23(9-11-24)20(25)13-16-4-3-5-18(12-16)22(27)28/h3-7,12,14H,8-11,13H2,1-2H3,(H,27,28). The molecule has 0 saturated carbocycles. The minimum absolute atomic E-state index is 0.0726. The lowest BCUT2D eigenvalue weighted by atomic mass is 10.1. The molecule has 0 unspecified atom stereocenters. The normalized spacial score (nSPS) is 13.9. The van der Waals surface area contributed by atoms with Crippen LogP contribution in [0.25, 0.3) is 0 Å². The zero-order valence-electron chi connectivity index (χ0n) is 16.6. The van der Waals surface area contributed by atoms with Crippen LogP contribution in [-0.4, -0.2) is 66.0 Å². The summed E-state index contributed by atoms with van der Waals surface area (Å²) in [5.41, 5.74) is 2.36. The van der Waals surface area contributed by atoms with E-state index in [4.69, 9.17) is 9.84 Å². The van der Waals surface area contributed by atoms with E-state index >= 15 is 0 Å². The Kier molecular flexibility index (Phi) is 6.16. The quantitative estimate of drug-likeness (QED) is 0.838. The highest BCUT2D eigenvalue weighted by atomic mass is 16.5. The van der Waals surface area contributed by atoms with Gasteiger partial charge in [-0.15, -0.1) is 0 Å². The van der Waals surface area contributed by atoms with Crippen LogP contribution in [0.1, 0.15) is 31.8 Å². The highest BCUT2D eigenvalue weighted by Gasteiger charge is 2.25. The molecule has 0 atom stereocenters. The summed E-state index contributed by atoms with van der Waals surface area (Å²) >= 11 is 0. The predicted octanol–water partition coefficient (Wildman–Crippen LogP) is 2.23. The Morgan fingerprint density at radius 1 is 0.966 bits per heavy atom. The van der Waals surface area contributed by atoms with Gasteiger partial charge in [0.2, 0.25) is 5.91 Å². The average Bonchev–Trinajstić information content (AvgIpc) is 2.74. The lowest BCUT2D eigenvalue weighted by molar-refractivity contribution is -0.131. The Morgan fingerprint density at radius 3 is 2.31 bits per heavy atom. The molecule has 2 aromatic carbocycles. The molecule has 0 aliphatic carbocycles. The van der Waals surface area contributed by atoms with E-state index < -0.39 is 5.97 Å². The van der Waals surface area contributed by atoms with E-state index in [0.717, 1.165) is 5.56 Å². The molecule has 7 heteroatoms. The van der Waals surface area contributed by atoms with Crippen LogP contribution < -0.4 is 4.74 Å². The van der Waals surface area contributed by atoms with Gasteiger partial charge in [-0.1, -0.05) is 18.2 Å². The number of carbonyl (C=O) groups excluding carboxylic acids is 2. The molecular weight excluding hydrogens is 372 g/mol. The number of benzene rings is 2. The summed E-state index contributed by atoms with van der Waals surface area (Å²) in [6, 6.07) is 11.8. The van der Waals surface area contributed by atoms with E-state index in [1.165, 1.54) is 12.1 Å². The van der Waals surface area contributed by atoms with E-state index in [1.807, 2.05) is 13.0 Å². The zero-order valence-corrected chi connectivity index (χ0v) is 16.6. The molecule has 1 fully saturated rings. The van der Waals surface area contributed by atoms with Crippen LogP contribution >= 0.6 is 0 Å². The second kappa shape index (κ2) is 8.77. The van der Waals surface area contributed by atoms with Gasteiger partial charge in [-0.05, 0) is 42.3 Å². The van der Waals surface area contributed by atoms with Crippen LogP contribution in [0.4, 0.5) is 0 Å². The van der Waals surface area contributed by atoms with Gasteiger partial charge < -0.3 is 19.6 Å². The highest BCUT2D eigenvalue weighted by molar-refractivity contribution is 5.95. The van der Waals surface area contributed by atoms with Gasteiger partial charge in [-0.25, -0.2) is 4.79 Å². The van der Waals surface area contributed by atoms with Gasteiger partial charge in [0.25, 0.3) is 5.91 Å². The Morgan fingerprint density at radius 2 is 1.66 bits per heavy atom. The van der Waals surface area contributed by atoms with Crippen LogP contribution in [0, 0.1) is 6.92 Å². The van der Waals surface area contributed by atoms with Crippen LogP contribution in [0.15, 0.2) is 42.5 Å². The van der Waals surface area contributed by atoms with Crippen LogP contribution in [0.2, 0.25) is 0 Å². The molecule has 1 aliphatic rings. The molecule has 1 aliphatic heterocycles. The van der Waals surface area contributed by atoms with Gasteiger partial charge in [0.05, 0.1) is 19.1 Å². The summed E-state index contributed by atoms with van der Waals surface area (Å²) in [4.78, 5) is 39.9. The number of hydrogen-bond donors (Lipinski definition) is 1. The third kappa shape index (κ3) is 4.74. The van der Waals surface area contributed by atoms with Gasteiger partial charge in [0.1, 0.15) is 5.75 Å². The van der Waals surface area contributed by atoms with Gasteiger partial charge >= 0.3 is 5.97 Å². The van der Waals surface area contributed by atoms with E-state index in [2.05, 4.69) is 0 Å². The Labute approximate surface area is 169 Å². The number of amides is 2. The van der Waals surface area contributed by atoms with E-state index in [1.54, 1.807) is 41.2 Å². The molecule has 0 aromatic heterocycles. The van der Waals surface area contributed by atoms with E-state index in [9.17, 15) is 14.4 Å². The number of carboxylic acids is 1. The highest BCUT2D eigenvalue weighted by Crippen LogP contribution is 2.20. The lowest BCUT2D eigenvalue weighted by Crippen LogP contribution is -2.51. The number of carboxylic acid groups (broad SMARTS) is 1. The summed E-state index contributed by atoms with van der Waals surface area (Å²) in [6.45, 7) is 3.73. The van der Waals surface area contributed by atoms with Crippen LogP contribution in [0.5, 0.6) is 5.75 Å². The van der Waals surface area contributed by atoms with Crippen molar-refractivity contribution in [2.24, 2.45) is 0 Å². The van der Waals surface area contributed by atoms with Gasteiger partial charge in [0.15, 0.2) is 0 Å². The third-order valence-electron chi connectivity index (χ3n) is 5.10. The maximum Gasteiger partial charge on any atom is 0.335 e. The average molecular weight is 396 g/mol. The smallest absolute Gasteiger partial charge is 0.335 e. The van der Waals surface area contributed by atoms with Gasteiger partial charge in [0, 0.05) is 31.7 Å². The number of nitrogens with zero attached hydrogens (tertiary/aromatic N) is 2. The van der Waals surface area contributed by atoms with Crippen molar-refractivity contribution in [2.45, 2.75) is 13.3 Å². The number of methoxy groups -OCH3 is 1. The number of piperazine rings is 1. The number of aromatic carboxylic acids is 1. The second-order valence-electron chi connectivity index (χ2n) is 7.04. The van der Waals surface area contributed by atoms with Gasteiger partial charge in [-0.2, -0.15) is 0 Å². The van der Waals surface area contributed by atoms with E-state index in [-0.39, 0.29) is 23.8 Å². The first-order chi connectivity index (χ1) is 13.9. The third-order valence-corrected chi connectivity index (χ3v) is 5.10. The molecule has 29 heavy (non-hydrogen) atoms. The summed E-state index contributed by atoms with van der Waals surface area (Å²) in [7, 11) is 1.58. The zero-order chi connectivity index (χ0) is 21.0. The fourth-order valence-electron chi connectivity index (χ4n) is 3.40. The number of rotatable bonds is 5.